The molecule has 0 aliphatic carbocycles. The first-order valence-electron chi connectivity index (χ1n) is 12.2. The third kappa shape index (κ3) is 4.59. The van der Waals surface area contributed by atoms with Crippen molar-refractivity contribution in [2.45, 2.75) is 65.5 Å². The highest BCUT2D eigenvalue weighted by Crippen LogP contribution is 2.29. The Balaban J connectivity index is 1.29. The van der Waals surface area contributed by atoms with Gasteiger partial charge in [-0.15, -0.1) is 5.10 Å². The van der Waals surface area contributed by atoms with E-state index in [2.05, 4.69) is 15.1 Å². The molecule has 4 heterocycles. The van der Waals surface area contributed by atoms with Crippen LogP contribution in [0.15, 0.2) is 24.4 Å². The third-order valence-electron chi connectivity index (χ3n) is 6.64. The lowest BCUT2D eigenvalue weighted by atomic mass is 9.93. The standard InChI is InChI=1S/C26H32N6O3/c1-16-15-32-23(17(2)27-16)28-22(29-32)19-6-7-21-18(14-19)8-13-31(24(21)33)20-9-11-30(12-10-20)25(34)35-26(3,4)5/h6-7,14-15,20H,8-13H2,1-5H3. The number of fused-ring (bicyclic) bond motifs is 2. The highest BCUT2D eigenvalue weighted by Gasteiger charge is 2.34. The van der Waals surface area contributed by atoms with Crippen molar-refractivity contribution in [3.8, 4) is 11.4 Å². The van der Waals surface area contributed by atoms with Gasteiger partial charge in [0.25, 0.3) is 5.91 Å². The molecular weight excluding hydrogens is 444 g/mol. The molecule has 35 heavy (non-hydrogen) atoms. The maximum Gasteiger partial charge on any atom is 0.410 e. The molecular formula is C26H32N6O3. The number of amides is 2. The van der Waals surface area contributed by atoms with Crippen LogP contribution in [-0.4, -0.2) is 72.7 Å². The van der Waals surface area contributed by atoms with Crippen LogP contribution in [0, 0.1) is 13.8 Å². The third-order valence-corrected chi connectivity index (χ3v) is 6.64. The number of benzene rings is 1. The van der Waals surface area contributed by atoms with Crippen LogP contribution in [0.25, 0.3) is 17.0 Å². The Hall–Kier alpha value is -3.49. The molecule has 0 bridgehead atoms. The molecule has 1 saturated heterocycles. The summed E-state index contributed by atoms with van der Waals surface area (Å²) in [5, 5.41) is 4.63. The summed E-state index contributed by atoms with van der Waals surface area (Å²) < 4.78 is 7.26. The number of likely N-dealkylation sites (tertiary alicyclic amines) is 1. The van der Waals surface area contributed by atoms with Crippen LogP contribution in [0.5, 0.6) is 0 Å². The maximum absolute atomic E-state index is 13.4. The van der Waals surface area contributed by atoms with E-state index in [1.165, 1.54) is 0 Å². The Morgan fingerprint density at radius 3 is 2.54 bits per heavy atom. The van der Waals surface area contributed by atoms with Gasteiger partial charge in [0, 0.05) is 36.8 Å². The molecule has 0 atom stereocenters. The van der Waals surface area contributed by atoms with E-state index in [-0.39, 0.29) is 18.0 Å². The van der Waals surface area contributed by atoms with Gasteiger partial charge >= 0.3 is 6.09 Å². The first-order chi connectivity index (χ1) is 16.6. The van der Waals surface area contributed by atoms with Crippen molar-refractivity contribution >= 4 is 17.6 Å². The number of aromatic nitrogens is 4. The fraction of sp³-hybridized carbons (Fsp3) is 0.500. The Labute approximate surface area is 205 Å². The van der Waals surface area contributed by atoms with Crippen molar-refractivity contribution in [2.75, 3.05) is 19.6 Å². The number of ether oxygens (including phenoxy) is 1. The molecule has 2 aromatic heterocycles. The van der Waals surface area contributed by atoms with Gasteiger partial charge in [0.2, 0.25) is 0 Å². The number of rotatable bonds is 2. The normalized spacial score (nSPS) is 17.1. The molecule has 184 valence electrons. The zero-order valence-corrected chi connectivity index (χ0v) is 21.0. The quantitative estimate of drug-likeness (QED) is 0.559. The van der Waals surface area contributed by atoms with E-state index in [0.717, 1.165) is 53.0 Å². The number of carbonyl (C=O) groups excluding carboxylic acids is 2. The molecule has 1 aromatic carbocycles. The van der Waals surface area contributed by atoms with Gasteiger partial charge in [-0.25, -0.2) is 14.3 Å². The zero-order chi connectivity index (χ0) is 24.9. The molecule has 2 aliphatic heterocycles. The fourth-order valence-corrected chi connectivity index (χ4v) is 4.98. The maximum atomic E-state index is 13.4. The summed E-state index contributed by atoms with van der Waals surface area (Å²) in [5.41, 5.74) is 4.63. The van der Waals surface area contributed by atoms with Crippen molar-refractivity contribution in [2.24, 2.45) is 0 Å². The first kappa shape index (κ1) is 23.3. The van der Waals surface area contributed by atoms with Crippen LogP contribution in [0.2, 0.25) is 0 Å². The topological polar surface area (TPSA) is 92.9 Å². The summed E-state index contributed by atoms with van der Waals surface area (Å²) >= 11 is 0. The van der Waals surface area contributed by atoms with Crippen LogP contribution in [-0.2, 0) is 11.2 Å². The molecule has 2 amide bonds. The van der Waals surface area contributed by atoms with Gasteiger partial charge in [0.05, 0.1) is 17.6 Å². The van der Waals surface area contributed by atoms with Crippen molar-refractivity contribution in [1.29, 1.82) is 0 Å². The van der Waals surface area contributed by atoms with E-state index in [1.54, 1.807) is 9.42 Å². The van der Waals surface area contributed by atoms with E-state index in [4.69, 9.17) is 4.74 Å². The Morgan fingerprint density at radius 1 is 1.09 bits per heavy atom. The van der Waals surface area contributed by atoms with Gasteiger partial charge in [0.15, 0.2) is 11.5 Å². The summed E-state index contributed by atoms with van der Waals surface area (Å²) in [7, 11) is 0. The largest absolute Gasteiger partial charge is 0.444 e. The zero-order valence-electron chi connectivity index (χ0n) is 21.0. The Morgan fingerprint density at radius 2 is 1.83 bits per heavy atom. The van der Waals surface area contributed by atoms with Crippen molar-refractivity contribution in [3.05, 3.63) is 46.9 Å². The highest BCUT2D eigenvalue weighted by molar-refractivity contribution is 5.97. The summed E-state index contributed by atoms with van der Waals surface area (Å²) in [4.78, 5) is 38.6. The molecule has 5 rings (SSSR count). The second kappa shape index (κ2) is 8.62. The van der Waals surface area contributed by atoms with E-state index >= 15 is 0 Å². The number of aryl methyl sites for hydroxylation is 2. The second-order valence-electron chi connectivity index (χ2n) is 10.5. The number of carbonyl (C=O) groups is 2. The second-order valence-corrected chi connectivity index (χ2v) is 10.5. The van der Waals surface area contributed by atoms with Gasteiger partial charge in [-0.05, 0) is 71.6 Å². The van der Waals surface area contributed by atoms with Crippen molar-refractivity contribution < 1.29 is 14.3 Å². The molecule has 1 fully saturated rings. The molecule has 9 nitrogen and oxygen atoms in total. The van der Waals surface area contributed by atoms with E-state index in [0.29, 0.717) is 25.5 Å². The molecule has 0 saturated carbocycles. The van der Waals surface area contributed by atoms with E-state index < -0.39 is 5.60 Å². The van der Waals surface area contributed by atoms with Crippen LogP contribution >= 0.6 is 0 Å². The predicted octanol–water partition coefficient (Wildman–Crippen LogP) is 3.81. The van der Waals surface area contributed by atoms with Crippen LogP contribution in [0.4, 0.5) is 4.79 Å². The number of hydrogen-bond acceptors (Lipinski definition) is 6. The molecule has 2 aliphatic rings. The number of hydrogen-bond donors (Lipinski definition) is 0. The van der Waals surface area contributed by atoms with Crippen molar-refractivity contribution in [3.63, 3.8) is 0 Å². The molecule has 0 radical (unpaired) electrons. The van der Waals surface area contributed by atoms with Gasteiger partial charge in [-0.1, -0.05) is 6.07 Å². The predicted molar refractivity (Wildman–Crippen MR) is 131 cm³/mol. The van der Waals surface area contributed by atoms with Gasteiger partial charge in [-0.3, -0.25) is 9.78 Å². The van der Waals surface area contributed by atoms with Crippen LogP contribution < -0.4 is 0 Å². The summed E-state index contributed by atoms with van der Waals surface area (Å²) in [6.07, 6.45) is 3.90. The molecule has 0 unspecified atom stereocenters. The lowest BCUT2D eigenvalue weighted by Crippen LogP contribution is -2.51. The first-order valence-corrected chi connectivity index (χ1v) is 12.2. The van der Waals surface area contributed by atoms with Crippen LogP contribution in [0.3, 0.4) is 0 Å². The summed E-state index contributed by atoms with van der Waals surface area (Å²) in [5.74, 6) is 0.694. The van der Waals surface area contributed by atoms with Gasteiger partial charge < -0.3 is 14.5 Å². The minimum Gasteiger partial charge on any atom is -0.444 e. The highest BCUT2D eigenvalue weighted by atomic mass is 16.6. The minimum atomic E-state index is -0.507. The average Bonchev–Trinajstić information content (AvgIpc) is 3.23. The van der Waals surface area contributed by atoms with E-state index in [9.17, 15) is 9.59 Å². The molecule has 0 N–H and O–H groups in total. The molecule has 3 aromatic rings. The molecule has 9 heteroatoms. The fourth-order valence-electron chi connectivity index (χ4n) is 4.98. The smallest absolute Gasteiger partial charge is 0.410 e. The van der Waals surface area contributed by atoms with E-state index in [1.807, 2.05) is 63.9 Å². The number of nitrogens with zero attached hydrogens (tertiary/aromatic N) is 6. The Bertz CT molecular complexity index is 1300. The average molecular weight is 477 g/mol. The SMILES string of the molecule is Cc1cn2nc(-c3ccc4c(c3)CCN(C3CCN(C(=O)OC(C)(C)C)CC3)C4=O)nc2c(C)n1. The minimum absolute atomic E-state index is 0.0622. The molecule has 0 spiro atoms. The monoisotopic (exact) mass is 476 g/mol. The van der Waals surface area contributed by atoms with Crippen LogP contribution in [0.1, 0.15) is 60.9 Å². The summed E-state index contributed by atoms with van der Waals surface area (Å²) in [6, 6.07) is 6.00. The van der Waals surface area contributed by atoms with Gasteiger partial charge in [0.1, 0.15) is 5.60 Å². The van der Waals surface area contributed by atoms with Crippen molar-refractivity contribution in [1.82, 2.24) is 29.4 Å². The number of piperidine rings is 1. The van der Waals surface area contributed by atoms with Gasteiger partial charge in [-0.2, -0.15) is 0 Å². The summed E-state index contributed by atoms with van der Waals surface area (Å²) in [6.45, 7) is 11.4. The lowest BCUT2D eigenvalue weighted by Gasteiger charge is -2.40. The lowest BCUT2D eigenvalue weighted by molar-refractivity contribution is 0.0144. The Kier molecular flexibility index (Phi) is 5.73.